The Labute approximate surface area is 254 Å². The molecule has 6 nitrogen and oxygen atoms in total. The average Bonchev–Trinajstić information content (AvgIpc) is 3.53. The molecule has 1 aromatic rings. The number of halogens is 1. The van der Waals surface area contributed by atoms with Gasteiger partial charge in [-0.15, -0.1) is 0 Å². The van der Waals surface area contributed by atoms with Crippen LogP contribution in [0.5, 0.6) is 0 Å². The van der Waals surface area contributed by atoms with Gasteiger partial charge in [-0.1, -0.05) is 63.8 Å². The van der Waals surface area contributed by atoms with Gasteiger partial charge < -0.3 is 25.6 Å². The lowest BCUT2D eigenvalue weighted by Gasteiger charge is -2.31. The average molecular weight is 583 g/mol. The van der Waals surface area contributed by atoms with Crippen LogP contribution in [0.4, 0.5) is 4.39 Å². The van der Waals surface area contributed by atoms with Gasteiger partial charge in [-0.05, 0) is 66.3 Å². The molecular weight excluding hydrogens is 539 g/mol. The molecule has 3 N–H and O–H groups in total. The van der Waals surface area contributed by atoms with Crippen molar-refractivity contribution in [1.82, 2.24) is 20.9 Å². The normalized spacial score (nSPS) is 25.8. The quantitative estimate of drug-likeness (QED) is 0.352. The smallest absolute Gasteiger partial charge is 0.227 e. The number of aldehydes is 1. The Kier molecular flexibility index (Phi) is 9.02. The molecular formula is C36H43FN4O2. The lowest BCUT2D eigenvalue weighted by Crippen LogP contribution is -2.34. The highest BCUT2D eigenvalue weighted by molar-refractivity contribution is 5.83. The van der Waals surface area contributed by atoms with E-state index in [1.807, 2.05) is 55.8 Å². The minimum Gasteiger partial charge on any atom is -0.364 e. The Morgan fingerprint density at radius 2 is 1.91 bits per heavy atom. The summed E-state index contributed by atoms with van der Waals surface area (Å²) in [6.07, 6.45) is 19.1. The van der Waals surface area contributed by atoms with Gasteiger partial charge in [-0.3, -0.25) is 4.79 Å². The van der Waals surface area contributed by atoms with Crippen molar-refractivity contribution >= 4 is 12.2 Å². The Bertz CT molecular complexity index is 1440. The number of likely N-dealkylation sites (N-methyl/N-ethyl adjacent to an activating group) is 1. The minimum absolute atomic E-state index is 0.0471. The summed E-state index contributed by atoms with van der Waals surface area (Å²) in [5.41, 5.74) is 7.15. The van der Waals surface area contributed by atoms with Crippen molar-refractivity contribution < 1.29 is 14.0 Å². The zero-order valence-electron chi connectivity index (χ0n) is 25.6. The van der Waals surface area contributed by atoms with Crippen LogP contribution >= 0.6 is 0 Å². The predicted molar refractivity (Wildman–Crippen MR) is 170 cm³/mol. The molecule has 6 rings (SSSR count). The molecule has 0 spiro atoms. The Morgan fingerprint density at radius 3 is 2.60 bits per heavy atom. The molecule has 1 aromatic carbocycles. The van der Waals surface area contributed by atoms with Gasteiger partial charge in [0.25, 0.3) is 0 Å². The fourth-order valence-electron chi connectivity index (χ4n) is 6.80. The molecule has 0 aromatic heterocycles. The molecule has 0 saturated carbocycles. The van der Waals surface area contributed by atoms with E-state index in [2.05, 4.69) is 60.5 Å². The van der Waals surface area contributed by atoms with Crippen molar-refractivity contribution in [2.24, 2.45) is 29.1 Å². The number of nitrogens with one attached hydrogen (secondary N) is 3. The maximum absolute atomic E-state index is 13.2. The molecule has 1 amide bonds. The van der Waals surface area contributed by atoms with Crippen molar-refractivity contribution in [2.75, 3.05) is 20.1 Å². The van der Waals surface area contributed by atoms with Crippen LogP contribution in [0.25, 0.3) is 0 Å². The number of nitrogens with zero attached hydrogens (tertiary/aromatic N) is 1. The van der Waals surface area contributed by atoms with Crippen LogP contribution < -0.4 is 16.0 Å². The summed E-state index contributed by atoms with van der Waals surface area (Å²) in [6.45, 7) is 12.4. The Balaban J connectivity index is 0.000000171. The molecule has 1 saturated heterocycles. The summed E-state index contributed by atoms with van der Waals surface area (Å²) in [7, 11) is 1.90. The highest BCUT2D eigenvalue weighted by atomic mass is 19.1. The van der Waals surface area contributed by atoms with Gasteiger partial charge in [-0.2, -0.15) is 0 Å². The van der Waals surface area contributed by atoms with E-state index in [-0.39, 0.29) is 46.7 Å². The lowest BCUT2D eigenvalue weighted by atomic mass is 9.76. The Morgan fingerprint density at radius 1 is 1.16 bits per heavy atom. The number of fused-ring (bicyclic) bond motifs is 1. The second kappa shape index (κ2) is 12.7. The third kappa shape index (κ3) is 6.52. The lowest BCUT2D eigenvalue weighted by molar-refractivity contribution is -0.124. The van der Waals surface area contributed by atoms with E-state index in [1.165, 1.54) is 23.4 Å². The second-order valence-corrected chi connectivity index (χ2v) is 13.0. The number of hydrogen-bond donors (Lipinski definition) is 3. The number of rotatable bonds is 7. The molecule has 43 heavy (non-hydrogen) atoms. The number of amides is 1. The van der Waals surface area contributed by atoms with Gasteiger partial charge >= 0.3 is 0 Å². The highest BCUT2D eigenvalue weighted by Crippen LogP contribution is 2.45. The van der Waals surface area contributed by atoms with E-state index in [0.717, 1.165) is 54.7 Å². The number of hydrogen-bond acceptors (Lipinski definition) is 5. The van der Waals surface area contributed by atoms with Crippen molar-refractivity contribution in [3.63, 3.8) is 0 Å². The third-order valence-corrected chi connectivity index (χ3v) is 8.66. The standard InChI is InChI=1S/C18H19FN2O.C18H24N2O/c1-20-9-15(12-5-7-14(19)8-6-12)16-10-21-17-4-2-3-13(11-22)18(16)17;1-12(10-18(2,3)4)20-11-13-8-9-19-17(21)14-6-5-7-15(20)16(13)14/h2-8,10-11,13,15,18,20-21H,9H2,1H3;5-7,11,14,16H,1,8-10H2,2-4H3,(H,19,21). The number of benzene rings is 1. The zero-order valence-corrected chi connectivity index (χ0v) is 25.6. The molecule has 5 aliphatic rings. The van der Waals surface area contributed by atoms with Crippen LogP contribution in [0.15, 0.2) is 108 Å². The largest absolute Gasteiger partial charge is 0.364 e. The van der Waals surface area contributed by atoms with Gasteiger partial charge in [0.05, 0.1) is 5.92 Å². The number of allylic oxidation sites excluding steroid dienone is 8. The van der Waals surface area contributed by atoms with Gasteiger partial charge in [0.2, 0.25) is 5.91 Å². The third-order valence-electron chi connectivity index (χ3n) is 8.66. The summed E-state index contributed by atoms with van der Waals surface area (Å²) in [5.74, 6) is 0.0429. The number of carbonyl (C=O) groups is 2. The summed E-state index contributed by atoms with van der Waals surface area (Å²) in [5, 5.41) is 9.49. The number of carbonyl (C=O) groups excluding carboxylic acids is 2. The fourth-order valence-corrected chi connectivity index (χ4v) is 6.80. The first kappa shape index (κ1) is 30.5. The Hall–Kier alpha value is -3.97. The molecule has 0 bridgehead atoms. The van der Waals surface area contributed by atoms with Gasteiger partial charge in [0.15, 0.2) is 0 Å². The summed E-state index contributed by atoms with van der Waals surface area (Å²) < 4.78 is 13.2. The molecule has 7 heteroatoms. The van der Waals surface area contributed by atoms with Crippen LogP contribution in [0, 0.1) is 34.9 Å². The van der Waals surface area contributed by atoms with Crippen molar-refractivity contribution in [3.05, 3.63) is 119 Å². The van der Waals surface area contributed by atoms with Crippen molar-refractivity contribution in [2.45, 2.75) is 39.5 Å². The molecule has 5 unspecified atom stereocenters. The van der Waals surface area contributed by atoms with E-state index in [1.54, 1.807) is 0 Å². The molecule has 5 atom stereocenters. The molecule has 2 aliphatic carbocycles. The molecule has 3 heterocycles. The predicted octanol–water partition coefficient (Wildman–Crippen LogP) is 5.84. The maximum atomic E-state index is 13.2. The van der Waals surface area contributed by atoms with E-state index in [0.29, 0.717) is 0 Å². The van der Waals surface area contributed by atoms with Gasteiger partial charge in [0.1, 0.15) is 12.1 Å². The first-order valence-electron chi connectivity index (χ1n) is 15.1. The SMILES string of the molecule is C=C(CC(C)(C)C)N1C=C2CCNC(=O)C3C=CC=C1C23.CNCC(C1=CNC2=CC=CC(C=O)C21)c1ccc(F)cc1. The van der Waals surface area contributed by atoms with E-state index < -0.39 is 0 Å². The molecule has 3 aliphatic heterocycles. The van der Waals surface area contributed by atoms with Crippen molar-refractivity contribution in [3.8, 4) is 0 Å². The summed E-state index contributed by atoms with van der Waals surface area (Å²) in [4.78, 5) is 25.8. The topological polar surface area (TPSA) is 73.5 Å². The minimum atomic E-state index is -0.238. The van der Waals surface area contributed by atoms with Gasteiger partial charge in [-0.25, -0.2) is 4.39 Å². The molecule has 226 valence electrons. The first-order valence-corrected chi connectivity index (χ1v) is 15.1. The van der Waals surface area contributed by atoms with Gasteiger partial charge in [0, 0.05) is 66.3 Å². The molecule has 0 radical (unpaired) electrons. The second-order valence-electron chi connectivity index (χ2n) is 13.0. The zero-order chi connectivity index (χ0) is 30.7. The summed E-state index contributed by atoms with van der Waals surface area (Å²) >= 11 is 0. The van der Waals surface area contributed by atoms with Crippen LogP contribution in [0.2, 0.25) is 0 Å². The van der Waals surface area contributed by atoms with E-state index in [9.17, 15) is 14.0 Å². The van der Waals surface area contributed by atoms with Crippen LogP contribution in [-0.4, -0.2) is 37.2 Å². The molecule has 1 fully saturated rings. The van der Waals surface area contributed by atoms with Crippen LogP contribution in [0.1, 0.15) is 45.1 Å². The summed E-state index contributed by atoms with van der Waals surface area (Å²) in [6, 6.07) is 6.59. The highest BCUT2D eigenvalue weighted by Gasteiger charge is 2.42. The van der Waals surface area contributed by atoms with Crippen LogP contribution in [-0.2, 0) is 9.59 Å². The first-order chi connectivity index (χ1) is 20.6. The van der Waals surface area contributed by atoms with E-state index in [4.69, 9.17) is 0 Å². The monoisotopic (exact) mass is 582 g/mol. The fraction of sp³-hybridized carbons (Fsp3) is 0.389. The van der Waals surface area contributed by atoms with Crippen molar-refractivity contribution in [1.29, 1.82) is 0 Å². The van der Waals surface area contributed by atoms with E-state index >= 15 is 0 Å². The maximum Gasteiger partial charge on any atom is 0.227 e. The van der Waals surface area contributed by atoms with Crippen LogP contribution in [0.3, 0.4) is 0 Å².